The number of aryl methyl sites for hydroxylation is 1. The minimum Gasteiger partial charge on any atom is -0.494 e. The Morgan fingerprint density at radius 3 is 2.62 bits per heavy atom. The van der Waals surface area contributed by atoms with Gasteiger partial charge in [-0.3, -0.25) is 9.59 Å². The molecule has 0 saturated heterocycles. The molecule has 0 aliphatic rings. The molecule has 26 heavy (non-hydrogen) atoms. The van der Waals surface area contributed by atoms with Crippen molar-refractivity contribution in [3.05, 3.63) is 58.6 Å². The molecule has 0 aromatic heterocycles. The molecule has 0 radical (unpaired) electrons. The Hall–Kier alpha value is -2.53. The summed E-state index contributed by atoms with van der Waals surface area (Å²) in [4.78, 5) is 25.5. The van der Waals surface area contributed by atoms with Crippen molar-refractivity contribution in [1.82, 2.24) is 4.90 Å². The first-order chi connectivity index (χ1) is 12.4. The number of amides is 2. The second-order valence-corrected chi connectivity index (χ2v) is 6.60. The van der Waals surface area contributed by atoms with Gasteiger partial charge in [-0.2, -0.15) is 0 Å². The summed E-state index contributed by atoms with van der Waals surface area (Å²) in [6.45, 7) is 2.35. The van der Waals surface area contributed by atoms with Crippen LogP contribution in [0.4, 0.5) is 5.69 Å². The summed E-state index contributed by atoms with van der Waals surface area (Å²) in [5.74, 6) is 0.519. The van der Waals surface area contributed by atoms with E-state index in [1.165, 1.54) is 4.90 Å². The highest BCUT2D eigenvalue weighted by molar-refractivity contribution is 6.31. The van der Waals surface area contributed by atoms with Crippen LogP contribution in [-0.4, -0.2) is 37.4 Å². The molecule has 0 fully saturated rings. The molecule has 0 saturated carbocycles. The van der Waals surface area contributed by atoms with Crippen LogP contribution in [0.3, 0.4) is 0 Å². The molecular weight excluding hydrogens is 352 g/mol. The van der Waals surface area contributed by atoms with Gasteiger partial charge in [0.05, 0.1) is 6.61 Å². The molecule has 138 valence electrons. The van der Waals surface area contributed by atoms with Gasteiger partial charge in [-0.25, -0.2) is 0 Å². The molecule has 2 rings (SSSR count). The Morgan fingerprint density at radius 2 is 1.92 bits per heavy atom. The van der Waals surface area contributed by atoms with Gasteiger partial charge < -0.3 is 15.0 Å². The van der Waals surface area contributed by atoms with E-state index >= 15 is 0 Å². The standard InChI is InChI=1S/C20H23ClN2O3/c1-14-12-17(9-10-18(14)21)26-11-5-8-19(24)22-16-7-4-6-15(13-16)20(25)23(2)3/h4,6-7,9-10,12-13H,5,8,11H2,1-3H3,(H,22,24). The van der Waals surface area contributed by atoms with Gasteiger partial charge in [-0.15, -0.1) is 0 Å². The van der Waals surface area contributed by atoms with Gasteiger partial charge in [-0.1, -0.05) is 17.7 Å². The number of rotatable bonds is 7. The van der Waals surface area contributed by atoms with Crippen molar-refractivity contribution < 1.29 is 14.3 Å². The third-order valence-electron chi connectivity index (χ3n) is 3.75. The number of carbonyl (C=O) groups excluding carboxylic acids is 2. The number of halogens is 1. The van der Waals surface area contributed by atoms with E-state index < -0.39 is 0 Å². The maximum atomic E-state index is 12.1. The molecular formula is C20H23ClN2O3. The molecule has 0 aliphatic carbocycles. The molecule has 1 N–H and O–H groups in total. The van der Waals surface area contributed by atoms with E-state index in [0.29, 0.717) is 35.7 Å². The zero-order valence-electron chi connectivity index (χ0n) is 15.2. The van der Waals surface area contributed by atoms with Crippen molar-refractivity contribution in [2.45, 2.75) is 19.8 Å². The summed E-state index contributed by atoms with van der Waals surface area (Å²) in [7, 11) is 3.38. The maximum absolute atomic E-state index is 12.1. The number of hydrogen-bond donors (Lipinski definition) is 1. The Morgan fingerprint density at radius 1 is 1.15 bits per heavy atom. The minimum atomic E-state index is -0.115. The second kappa shape index (κ2) is 9.25. The zero-order chi connectivity index (χ0) is 19.1. The number of nitrogens with one attached hydrogen (secondary N) is 1. The van der Waals surface area contributed by atoms with E-state index in [4.69, 9.17) is 16.3 Å². The van der Waals surface area contributed by atoms with E-state index in [2.05, 4.69) is 5.32 Å². The van der Waals surface area contributed by atoms with Crippen molar-refractivity contribution in [1.29, 1.82) is 0 Å². The largest absolute Gasteiger partial charge is 0.494 e. The average molecular weight is 375 g/mol. The van der Waals surface area contributed by atoms with Crippen LogP contribution in [0.5, 0.6) is 5.75 Å². The predicted octanol–water partition coefficient (Wildman–Crippen LogP) is 4.15. The van der Waals surface area contributed by atoms with Gasteiger partial charge in [0.25, 0.3) is 5.91 Å². The summed E-state index contributed by atoms with van der Waals surface area (Å²) in [5, 5.41) is 3.51. The molecule has 0 bridgehead atoms. The lowest BCUT2D eigenvalue weighted by Gasteiger charge is -2.12. The monoisotopic (exact) mass is 374 g/mol. The number of ether oxygens (including phenoxy) is 1. The first-order valence-electron chi connectivity index (χ1n) is 8.37. The molecule has 2 aromatic carbocycles. The van der Waals surface area contributed by atoms with E-state index in [0.717, 1.165) is 11.3 Å². The van der Waals surface area contributed by atoms with Crippen LogP contribution in [0.2, 0.25) is 5.02 Å². The Kier molecular flexibility index (Phi) is 7.04. The molecule has 6 heteroatoms. The van der Waals surface area contributed by atoms with Crippen LogP contribution in [-0.2, 0) is 4.79 Å². The van der Waals surface area contributed by atoms with Crippen molar-refractivity contribution >= 4 is 29.1 Å². The molecule has 0 atom stereocenters. The Bertz CT molecular complexity index is 790. The Balaban J connectivity index is 1.79. The predicted molar refractivity (Wildman–Crippen MR) is 104 cm³/mol. The fourth-order valence-electron chi connectivity index (χ4n) is 2.34. The second-order valence-electron chi connectivity index (χ2n) is 6.19. The van der Waals surface area contributed by atoms with Crippen LogP contribution in [0.1, 0.15) is 28.8 Å². The maximum Gasteiger partial charge on any atom is 0.253 e. The molecule has 0 heterocycles. The van der Waals surface area contributed by atoms with Gasteiger partial charge >= 0.3 is 0 Å². The number of anilines is 1. The fraction of sp³-hybridized carbons (Fsp3) is 0.300. The quantitative estimate of drug-likeness (QED) is 0.741. The normalized spacial score (nSPS) is 10.3. The van der Waals surface area contributed by atoms with E-state index in [9.17, 15) is 9.59 Å². The summed E-state index contributed by atoms with van der Waals surface area (Å²) in [6, 6.07) is 12.4. The van der Waals surface area contributed by atoms with Crippen molar-refractivity contribution in [2.24, 2.45) is 0 Å². The van der Waals surface area contributed by atoms with Gasteiger partial charge in [0, 0.05) is 36.8 Å². The van der Waals surface area contributed by atoms with E-state index in [1.54, 1.807) is 44.4 Å². The summed E-state index contributed by atoms with van der Waals surface area (Å²) >= 11 is 5.98. The number of nitrogens with zero attached hydrogens (tertiary/aromatic N) is 1. The molecule has 2 amide bonds. The number of hydrogen-bond acceptors (Lipinski definition) is 3. The van der Waals surface area contributed by atoms with E-state index in [-0.39, 0.29) is 11.8 Å². The molecule has 2 aromatic rings. The molecule has 0 aliphatic heterocycles. The van der Waals surface area contributed by atoms with Gasteiger partial charge in [0.1, 0.15) is 5.75 Å². The highest BCUT2D eigenvalue weighted by Crippen LogP contribution is 2.21. The Labute approximate surface area is 158 Å². The van der Waals surface area contributed by atoms with Gasteiger partial charge in [0.15, 0.2) is 0 Å². The first kappa shape index (κ1) is 19.8. The summed E-state index contributed by atoms with van der Waals surface area (Å²) in [6.07, 6.45) is 0.919. The van der Waals surface area contributed by atoms with Crippen LogP contribution in [0.15, 0.2) is 42.5 Å². The number of carbonyl (C=O) groups is 2. The summed E-state index contributed by atoms with van der Waals surface area (Å²) < 4.78 is 5.63. The zero-order valence-corrected chi connectivity index (χ0v) is 16.0. The van der Waals surface area contributed by atoms with Crippen LogP contribution >= 0.6 is 11.6 Å². The fourth-order valence-corrected chi connectivity index (χ4v) is 2.46. The highest BCUT2D eigenvalue weighted by atomic mass is 35.5. The third kappa shape index (κ3) is 5.77. The van der Waals surface area contributed by atoms with Crippen LogP contribution in [0.25, 0.3) is 0 Å². The molecule has 0 spiro atoms. The van der Waals surface area contributed by atoms with E-state index in [1.807, 2.05) is 19.1 Å². The summed E-state index contributed by atoms with van der Waals surface area (Å²) in [5.41, 5.74) is 2.10. The smallest absolute Gasteiger partial charge is 0.253 e. The molecule has 5 nitrogen and oxygen atoms in total. The highest BCUT2D eigenvalue weighted by Gasteiger charge is 2.09. The van der Waals surface area contributed by atoms with Crippen LogP contribution < -0.4 is 10.1 Å². The van der Waals surface area contributed by atoms with Crippen molar-refractivity contribution in [2.75, 3.05) is 26.0 Å². The average Bonchev–Trinajstić information content (AvgIpc) is 2.61. The minimum absolute atomic E-state index is 0.104. The number of benzene rings is 2. The van der Waals surface area contributed by atoms with Crippen molar-refractivity contribution in [3.63, 3.8) is 0 Å². The van der Waals surface area contributed by atoms with Gasteiger partial charge in [0.2, 0.25) is 5.91 Å². The lowest BCUT2D eigenvalue weighted by Crippen LogP contribution is -2.22. The third-order valence-corrected chi connectivity index (χ3v) is 4.17. The lowest BCUT2D eigenvalue weighted by atomic mass is 10.1. The topological polar surface area (TPSA) is 58.6 Å². The first-order valence-corrected chi connectivity index (χ1v) is 8.75. The van der Waals surface area contributed by atoms with Gasteiger partial charge in [-0.05, 0) is 55.3 Å². The lowest BCUT2D eigenvalue weighted by molar-refractivity contribution is -0.116. The van der Waals surface area contributed by atoms with Crippen LogP contribution in [0, 0.1) is 6.92 Å². The SMILES string of the molecule is Cc1cc(OCCCC(=O)Nc2cccc(C(=O)N(C)C)c2)ccc1Cl. The van der Waals surface area contributed by atoms with Crippen molar-refractivity contribution in [3.8, 4) is 5.75 Å². The molecule has 0 unspecified atom stereocenters.